The number of anilines is 1. The van der Waals surface area contributed by atoms with Crippen molar-refractivity contribution in [1.82, 2.24) is 24.3 Å². The number of aromatic nitrogens is 3. The molecule has 3 aromatic rings. The van der Waals surface area contributed by atoms with Crippen LogP contribution in [0.3, 0.4) is 0 Å². The van der Waals surface area contributed by atoms with E-state index in [2.05, 4.69) is 27.2 Å². The number of carbonyl (C=O) groups excluding carboxylic acids is 1. The topological polar surface area (TPSA) is 66.3 Å². The summed E-state index contributed by atoms with van der Waals surface area (Å²) in [4.78, 5) is 25.9. The molecule has 0 bridgehead atoms. The van der Waals surface area contributed by atoms with Crippen LogP contribution in [-0.2, 0) is 7.05 Å². The molecule has 1 aromatic carbocycles. The van der Waals surface area contributed by atoms with Crippen molar-refractivity contribution in [2.75, 3.05) is 32.0 Å². The number of benzene rings is 1. The predicted molar refractivity (Wildman–Crippen MR) is 111 cm³/mol. The summed E-state index contributed by atoms with van der Waals surface area (Å²) in [7, 11) is 4.06. The van der Waals surface area contributed by atoms with E-state index >= 15 is 0 Å². The Balaban J connectivity index is 1.42. The van der Waals surface area contributed by atoms with Gasteiger partial charge in [-0.2, -0.15) is 0 Å². The van der Waals surface area contributed by atoms with Gasteiger partial charge in [0.15, 0.2) is 0 Å². The van der Waals surface area contributed by atoms with E-state index in [4.69, 9.17) is 0 Å². The highest BCUT2D eigenvalue weighted by Crippen LogP contribution is 2.26. The van der Waals surface area contributed by atoms with Gasteiger partial charge < -0.3 is 14.8 Å². The highest BCUT2D eigenvalue weighted by Gasteiger charge is 2.30. The quantitative estimate of drug-likeness (QED) is 0.737. The third-order valence-electron chi connectivity index (χ3n) is 5.09. The van der Waals surface area contributed by atoms with Crippen LogP contribution in [0.25, 0.3) is 10.6 Å². The van der Waals surface area contributed by atoms with Gasteiger partial charge in [0.05, 0.1) is 6.04 Å². The molecule has 1 N–H and O–H groups in total. The number of urea groups is 1. The molecule has 1 unspecified atom stereocenters. The van der Waals surface area contributed by atoms with E-state index in [9.17, 15) is 4.79 Å². The van der Waals surface area contributed by atoms with Gasteiger partial charge in [0, 0.05) is 61.4 Å². The molecule has 28 heavy (non-hydrogen) atoms. The highest BCUT2D eigenvalue weighted by molar-refractivity contribution is 7.13. The molecule has 0 spiro atoms. The number of amides is 2. The van der Waals surface area contributed by atoms with Crippen molar-refractivity contribution in [1.29, 1.82) is 0 Å². The van der Waals surface area contributed by atoms with Gasteiger partial charge in [-0.3, -0.25) is 4.90 Å². The summed E-state index contributed by atoms with van der Waals surface area (Å²) in [5, 5.41) is 6.05. The van der Waals surface area contributed by atoms with E-state index in [1.54, 1.807) is 17.5 Å². The maximum absolute atomic E-state index is 12.8. The minimum absolute atomic E-state index is 0.0786. The third-order valence-corrected chi connectivity index (χ3v) is 6.10. The van der Waals surface area contributed by atoms with Crippen molar-refractivity contribution >= 4 is 23.1 Å². The van der Waals surface area contributed by atoms with E-state index in [1.165, 1.54) is 0 Å². The SMILES string of the molecule is Cc1csc(-c2ccc(NC(=O)N3CCN(C)C(c4nccn4C)C3)cc2)n1. The zero-order valence-corrected chi connectivity index (χ0v) is 17.1. The molecule has 0 aliphatic carbocycles. The summed E-state index contributed by atoms with van der Waals surface area (Å²) < 4.78 is 2.02. The third kappa shape index (κ3) is 3.79. The standard InChI is InChI=1S/C20H24N6OS/c1-14-13-28-19(22-14)15-4-6-16(7-5-15)23-20(27)26-11-10-24(2)17(12-26)18-21-8-9-25(18)3/h4-9,13,17H,10-12H2,1-3H3,(H,23,27). The summed E-state index contributed by atoms with van der Waals surface area (Å²) in [6.07, 6.45) is 3.74. The van der Waals surface area contributed by atoms with Crippen LogP contribution >= 0.6 is 11.3 Å². The van der Waals surface area contributed by atoms with Gasteiger partial charge in [0.25, 0.3) is 0 Å². The Morgan fingerprint density at radius 1 is 1.21 bits per heavy atom. The lowest BCUT2D eigenvalue weighted by atomic mass is 10.1. The molecule has 2 aromatic heterocycles. The zero-order valence-electron chi connectivity index (χ0n) is 16.3. The fourth-order valence-corrected chi connectivity index (χ4v) is 4.22. The minimum atomic E-state index is -0.0786. The second-order valence-electron chi connectivity index (χ2n) is 7.14. The maximum atomic E-state index is 12.8. The van der Waals surface area contributed by atoms with E-state index in [0.717, 1.165) is 34.3 Å². The molecule has 3 heterocycles. The van der Waals surface area contributed by atoms with Crippen molar-refractivity contribution in [3.8, 4) is 10.6 Å². The van der Waals surface area contributed by atoms with Crippen molar-refractivity contribution < 1.29 is 4.79 Å². The number of nitrogens with one attached hydrogen (secondary N) is 1. The molecule has 2 amide bonds. The number of likely N-dealkylation sites (N-methyl/N-ethyl adjacent to an activating group) is 1. The van der Waals surface area contributed by atoms with Crippen molar-refractivity contribution in [3.63, 3.8) is 0 Å². The molecule has 1 saturated heterocycles. The summed E-state index contributed by atoms with van der Waals surface area (Å²) >= 11 is 1.63. The lowest BCUT2D eigenvalue weighted by Crippen LogP contribution is -2.50. The first-order chi connectivity index (χ1) is 13.5. The number of nitrogens with zero attached hydrogens (tertiary/aromatic N) is 5. The number of thiazole rings is 1. The molecule has 1 aliphatic rings. The summed E-state index contributed by atoms with van der Waals surface area (Å²) in [6.45, 7) is 4.11. The first-order valence-electron chi connectivity index (χ1n) is 9.27. The number of rotatable bonds is 3. The lowest BCUT2D eigenvalue weighted by molar-refractivity contribution is 0.110. The molecule has 7 nitrogen and oxygen atoms in total. The summed E-state index contributed by atoms with van der Waals surface area (Å²) in [5.41, 5.74) is 2.87. The van der Waals surface area contributed by atoms with Crippen molar-refractivity contribution in [2.24, 2.45) is 7.05 Å². The fraction of sp³-hybridized carbons (Fsp3) is 0.350. The summed E-state index contributed by atoms with van der Waals surface area (Å²) in [6, 6.07) is 7.86. The Morgan fingerprint density at radius 2 is 2.00 bits per heavy atom. The van der Waals surface area contributed by atoms with Crippen LogP contribution in [0.4, 0.5) is 10.5 Å². The van der Waals surface area contributed by atoms with Crippen LogP contribution < -0.4 is 5.32 Å². The van der Waals surface area contributed by atoms with Gasteiger partial charge >= 0.3 is 6.03 Å². The van der Waals surface area contributed by atoms with Gasteiger partial charge in [-0.05, 0) is 38.2 Å². The smallest absolute Gasteiger partial charge is 0.321 e. The van der Waals surface area contributed by atoms with Crippen LogP contribution in [-0.4, -0.2) is 57.0 Å². The molecular weight excluding hydrogens is 372 g/mol. The largest absolute Gasteiger partial charge is 0.337 e. The summed E-state index contributed by atoms with van der Waals surface area (Å²) in [5.74, 6) is 0.975. The first-order valence-corrected chi connectivity index (χ1v) is 10.1. The average molecular weight is 397 g/mol. The van der Waals surface area contributed by atoms with Gasteiger partial charge in [-0.25, -0.2) is 14.8 Å². The Kier molecular flexibility index (Phi) is 5.15. The van der Waals surface area contributed by atoms with Gasteiger partial charge in [-0.1, -0.05) is 0 Å². The van der Waals surface area contributed by atoms with Crippen LogP contribution in [0, 0.1) is 6.92 Å². The van der Waals surface area contributed by atoms with Gasteiger partial charge in [0.2, 0.25) is 0 Å². The molecule has 0 saturated carbocycles. The van der Waals surface area contributed by atoms with Crippen LogP contribution in [0.5, 0.6) is 0 Å². The van der Waals surface area contributed by atoms with Crippen LogP contribution in [0.15, 0.2) is 42.0 Å². The number of hydrogen-bond acceptors (Lipinski definition) is 5. The average Bonchev–Trinajstić information content (AvgIpc) is 3.31. The second kappa shape index (κ2) is 7.73. The second-order valence-corrected chi connectivity index (χ2v) is 8.00. The number of imidazole rings is 1. The van der Waals surface area contributed by atoms with Crippen molar-refractivity contribution in [2.45, 2.75) is 13.0 Å². The Morgan fingerprint density at radius 3 is 2.64 bits per heavy atom. The predicted octanol–water partition coefficient (Wildman–Crippen LogP) is 3.37. The molecule has 0 radical (unpaired) electrons. The van der Waals surface area contributed by atoms with Gasteiger partial charge in [0.1, 0.15) is 10.8 Å². The molecule has 4 rings (SSSR count). The lowest BCUT2D eigenvalue weighted by Gasteiger charge is -2.38. The number of hydrogen-bond donors (Lipinski definition) is 1. The molecule has 8 heteroatoms. The number of piperazine rings is 1. The van der Waals surface area contributed by atoms with E-state index in [1.807, 2.05) is 59.3 Å². The molecule has 1 atom stereocenters. The van der Waals surface area contributed by atoms with Gasteiger partial charge in [-0.15, -0.1) is 11.3 Å². The molecule has 1 fully saturated rings. The molecule has 146 valence electrons. The Labute approximate surface area is 168 Å². The monoisotopic (exact) mass is 396 g/mol. The first kappa shape index (κ1) is 18.6. The fourth-order valence-electron chi connectivity index (χ4n) is 3.42. The van der Waals surface area contributed by atoms with E-state index in [0.29, 0.717) is 13.1 Å². The number of aryl methyl sites for hydroxylation is 2. The molecule has 1 aliphatic heterocycles. The normalized spacial score (nSPS) is 17.7. The minimum Gasteiger partial charge on any atom is -0.337 e. The van der Waals surface area contributed by atoms with Crippen LogP contribution in [0.1, 0.15) is 17.6 Å². The Bertz CT molecular complexity index is 963. The van der Waals surface area contributed by atoms with E-state index < -0.39 is 0 Å². The van der Waals surface area contributed by atoms with E-state index in [-0.39, 0.29) is 12.1 Å². The molecular formula is C20H24N6OS. The maximum Gasteiger partial charge on any atom is 0.321 e. The van der Waals surface area contributed by atoms with Crippen molar-refractivity contribution in [3.05, 3.63) is 53.6 Å². The Hall–Kier alpha value is -2.71. The number of carbonyl (C=O) groups is 1. The zero-order chi connectivity index (χ0) is 19.7. The highest BCUT2D eigenvalue weighted by atomic mass is 32.1. The van der Waals surface area contributed by atoms with Crippen LogP contribution in [0.2, 0.25) is 0 Å².